The van der Waals surface area contributed by atoms with Gasteiger partial charge in [-0.05, 0) is 68.0 Å². The molecular formula is C33H35N3O2. The Morgan fingerprint density at radius 1 is 0.763 bits per heavy atom. The maximum atomic E-state index is 13.2. The minimum atomic E-state index is 0.0650. The lowest BCUT2D eigenvalue weighted by Crippen LogP contribution is -2.48. The van der Waals surface area contributed by atoms with Crippen molar-refractivity contribution >= 4 is 16.8 Å². The number of nitrogens with zero attached hydrogens (tertiary/aromatic N) is 3. The summed E-state index contributed by atoms with van der Waals surface area (Å²) in [6.07, 6.45) is 4.54. The summed E-state index contributed by atoms with van der Waals surface area (Å²) in [5.74, 6) is 1.04. The Morgan fingerprint density at radius 3 is 2.26 bits per heavy atom. The number of fused-ring (bicyclic) bond motifs is 1. The molecule has 0 radical (unpaired) electrons. The van der Waals surface area contributed by atoms with Gasteiger partial charge in [-0.25, -0.2) is 4.98 Å². The minimum absolute atomic E-state index is 0.0650. The van der Waals surface area contributed by atoms with Crippen LogP contribution < -0.4 is 4.74 Å². The molecule has 38 heavy (non-hydrogen) atoms. The van der Waals surface area contributed by atoms with Crippen LogP contribution >= 0.6 is 0 Å². The van der Waals surface area contributed by atoms with Gasteiger partial charge in [0.15, 0.2) is 0 Å². The first kappa shape index (κ1) is 24.6. The molecule has 2 saturated heterocycles. The number of carbonyl (C=O) groups is 1. The van der Waals surface area contributed by atoms with Gasteiger partial charge in [0.1, 0.15) is 18.1 Å². The second-order valence-corrected chi connectivity index (χ2v) is 10.8. The SMILES string of the molecule is O=C(c1ccc2ccccc2n1)N1CCC2(CCN(Cc3ccccc3OCc3ccccc3)CC2)CC1. The van der Waals surface area contributed by atoms with Crippen LogP contribution in [0.4, 0.5) is 0 Å². The maximum absolute atomic E-state index is 13.2. The van der Waals surface area contributed by atoms with Gasteiger partial charge in [0.05, 0.1) is 5.52 Å². The number of rotatable bonds is 6. The van der Waals surface area contributed by atoms with Gasteiger partial charge in [0.2, 0.25) is 0 Å². The number of ether oxygens (including phenoxy) is 1. The lowest BCUT2D eigenvalue weighted by molar-refractivity contribution is 0.0280. The van der Waals surface area contributed by atoms with Gasteiger partial charge in [-0.15, -0.1) is 0 Å². The molecule has 2 aliphatic heterocycles. The van der Waals surface area contributed by atoms with Crippen LogP contribution in [0.15, 0.2) is 91.0 Å². The summed E-state index contributed by atoms with van der Waals surface area (Å²) in [7, 11) is 0. The van der Waals surface area contributed by atoms with Crippen LogP contribution in [-0.2, 0) is 13.2 Å². The Hall–Kier alpha value is -3.70. The van der Waals surface area contributed by atoms with Crippen LogP contribution in [0, 0.1) is 5.41 Å². The zero-order valence-corrected chi connectivity index (χ0v) is 21.9. The molecule has 3 heterocycles. The lowest BCUT2D eigenvalue weighted by Gasteiger charge is -2.47. The number of benzene rings is 3. The number of carbonyl (C=O) groups excluding carboxylic acids is 1. The minimum Gasteiger partial charge on any atom is -0.489 e. The molecule has 2 aliphatic rings. The van der Waals surface area contributed by atoms with Gasteiger partial charge in [0, 0.05) is 30.6 Å². The zero-order chi connectivity index (χ0) is 25.8. The first-order valence-electron chi connectivity index (χ1n) is 13.8. The Bertz CT molecular complexity index is 1390. The molecule has 4 aromatic rings. The summed E-state index contributed by atoms with van der Waals surface area (Å²) in [5.41, 5.74) is 4.23. The number of amides is 1. The van der Waals surface area contributed by atoms with E-state index in [2.05, 4.69) is 58.4 Å². The van der Waals surface area contributed by atoms with E-state index in [9.17, 15) is 4.79 Å². The number of para-hydroxylation sites is 2. The van der Waals surface area contributed by atoms with Crippen LogP contribution in [0.3, 0.4) is 0 Å². The molecule has 5 nitrogen and oxygen atoms in total. The van der Waals surface area contributed by atoms with Crippen molar-refractivity contribution in [1.29, 1.82) is 0 Å². The normalized spacial score (nSPS) is 17.5. The standard InChI is InChI=1S/C33H35N3O2/c37-32(30-15-14-27-10-4-6-12-29(27)34-30)36-22-18-33(19-23-36)16-20-35(21-17-33)24-28-11-5-7-13-31(28)38-25-26-8-2-1-3-9-26/h1-15H,16-25H2. The Labute approximate surface area is 225 Å². The van der Waals surface area contributed by atoms with E-state index in [1.165, 1.54) is 24.0 Å². The molecule has 0 unspecified atom stereocenters. The lowest BCUT2D eigenvalue weighted by atomic mass is 9.71. The highest BCUT2D eigenvalue weighted by atomic mass is 16.5. The number of likely N-dealkylation sites (tertiary alicyclic amines) is 2. The molecule has 0 atom stereocenters. The van der Waals surface area contributed by atoms with Gasteiger partial charge in [-0.2, -0.15) is 0 Å². The fourth-order valence-corrected chi connectivity index (χ4v) is 5.97. The van der Waals surface area contributed by atoms with E-state index in [1.807, 2.05) is 47.4 Å². The monoisotopic (exact) mass is 505 g/mol. The molecule has 6 rings (SSSR count). The summed E-state index contributed by atoms with van der Waals surface area (Å²) in [5, 5.41) is 1.07. The van der Waals surface area contributed by atoms with Gasteiger partial charge in [-0.3, -0.25) is 9.69 Å². The molecule has 2 fully saturated rings. The smallest absolute Gasteiger partial charge is 0.272 e. The topological polar surface area (TPSA) is 45.7 Å². The molecule has 1 aromatic heterocycles. The summed E-state index contributed by atoms with van der Waals surface area (Å²) < 4.78 is 6.20. The van der Waals surface area contributed by atoms with Gasteiger partial charge >= 0.3 is 0 Å². The number of pyridine rings is 1. The number of hydrogen-bond acceptors (Lipinski definition) is 4. The molecule has 0 bridgehead atoms. The Kier molecular flexibility index (Phi) is 7.10. The van der Waals surface area contributed by atoms with Crippen LogP contribution in [0.25, 0.3) is 10.9 Å². The van der Waals surface area contributed by atoms with Crippen molar-refractivity contribution in [3.63, 3.8) is 0 Å². The number of hydrogen-bond donors (Lipinski definition) is 0. The summed E-state index contributed by atoms with van der Waals surface area (Å²) in [4.78, 5) is 22.4. The third-order valence-electron chi connectivity index (χ3n) is 8.45. The summed E-state index contributed by atoms with van der Waals surface area (Å²) in [6.45, 7) is 5.33. The highest BCUT2D eigenvalue weighted by molar-refractivity contribution is 5.95. The van der Waals surface area contributed by atoms with Crippen LogP contribution in [0.5, 0.6) is 5.75 Å². The van der Waals surface area contributed by atoms with Crippen LogP contribution in [0.1, 0.15) is 47.3 Å². The average molecular weight is 506 g/mol. The molecule has 0 saturated carbocycles. The predicted octanol–water partition coefficient (Wildman–Crippen LogP) is 6.33. The summed E-state index contributed by atoms with van der Waals surface area (Å²) >= 11 is 0. The van der Waals surface area contributed by atoms with Crippen molar-refractivity contribution in [1.82, 2.24) is 14.8 Å². The zero-order valence-electron chi connectivity index (χ0n) is 21.9. The largest absolute Gasteiger partial charge is 0.489 e. The number of piperidine rings is 2. The van der Waals surface area contributed by atoms with E-state index in [4.69, 9.17) is 4.74 Å². The molecule has 3 aromatic carbocycles. The van der Waals surface area contributed by atoms with Crippen molar-refractivity contribution in [2.45, 2.75) is 38.8 Å². The average Bonchev–Trinajstić information content (AvgIpc) is 2.98. The van der Waals surface area contributed by atoms with Gasteiger partial charge in [0.25, 0.3) is 5.91 Å². The highest BCUT2D eigenvalue weighted by Gasteiger charge is 2.38. The van der Waals surface area contributed by atoms with E-state index in [1.54, 1.807) is 0 Å². The van der Waals surface area contributed by atoms with Gasteiger partial charge in [-0.1, -0.05) is 72.8 Å². The molecular weight excluding hydrogens is 470 g/mol. The Morgan fingerprint density at radius 2 is 1.45 bits per heavy atom. The Balaban J connectivity index is 1.02. The fourth-order valence-electron chi connectivity index (χ4n) is 5.97. The van der Waals surface area contributed by atoms with Crippen molar-refractivity contribution in [3.8, 4) is 5.75 Å². The van der Waals surface area contributed by atoms with Crippen LogP contribution in [-0.4, -0.2) is 46.9 Å². The molecule has 0 N–H and O–H groups in total. The van der Waals surface area contributed by atoms with Crippen molar-refractivity contribution < 1.29 is 9.53 Å². The quantitative estimate of drug-likeness (QED) is 0.307. The van der Waals surface area contributed by atoms with E-state index < -0.39 is 0 Å². The van der Waals surface area contributed by atoms with Crippen molar-refractivity contribution in [2.75, 3.05) is 26.2 Å². The molecule has 5 heteroatoms. The second kappa shape index (κ2) is 11.0. The first-order chi connectivity index (χ1) is 18.7. The van der Waals surface area contributed by atoms with Crippen LogP contribution in [0.2, 0.25) is 0 Å². The maximum Gasteiger partial charge on any atom is 0.272 e. The summed E-state index contributed by atoms with van der Waals surface area (Å²) in [6, 6.07) is 30.6. The second-order valence-electron chi connectivity index (χ2n) is 10.8. The third kappa shape index (κ3) is 5.44. The third-order valence-corrected chi connectivity index (χ3v) is 8.45. The molecule has 194 valence electrons. The van der Waals surface area contributed by atoms with E-state index in [0.717, 1.165) is 62.2 Å². The van der Waals surface area contributed by atoms with E-state index in [-0.39, 0.29) is 5.91 Å². The number of aromatic nitrogens is 1. The predicted molar refractivity (Wildman–Crippen MR) is 151 cm³/mol. The molecule has 0 aliphatic carbocycles. The molecule has 1 amide bonds. The van der Waals surface area contributed by atoms with E-state index in [0.29, 0.717) is 17.7 Å². The molecule has 1 spiro atoms. The van der Waals surface area contributed by atoms with Crippen molar-refractivity contribution in [3.05, 3.63) is 108 Å². The van der Waals surface area contributed by atoms with Crippen molar-refractivity contribution in [2.24, 2.45) is 5.41 Å². The fraction of sp³-hybridized carbons (Fsp3) is 0.333. The first-order valence-corrected chi connectivity index (χ1v) is 13.8. The van der Waals surface area contributed by atoms with Gasteiger partial charge < -0.3 is 9.64 Å². The highest BCUT2D eigenvalue weighted by Crippen LogP contribution is 2.42. The van der Waals surface area contributed by atoms with E-state index >= 15 is 0 Å².